The molecule has 25 atom stereocenters. The van der Waals surface area contributed by atoms with Gasteiger partial charge in [-0.1, -0.05) is 175 Å². The minimum absolute atomic E-state index is 0.0546. The lowest BCUT2D eigenvalue weighted by molar-refractivity contribution is -0.156. The van der Waals surface area contributed by atoms with Crippen molar-refractivity contribution in [2.75, 3.05) is 111 Å². The molecule has 54 nitrogen and oxygen atoms in total. The zero-order valence-electron chi connectivity index (χ0n) is 82.9. The zero-order chi connectivity index (χ0) is 109. The van der Waals surface area contributed by atoms with Crippen molar-refractivity contribution in [3.8, 4) is 0 Å². The molecule has 10 aliphatic heterocycles. The standard InChI is InChI=1S/C19H28N6O5S.C18H28N6O5S.C18H26N4O6S.C17H25N5O6S.C16H23N5O6S/c1-7(2)11(20)18(28)29-6-10-12(26)13(27)17(30-10)25-8(3)31-14-15(22-9-4-5-9)23-19(21)24-16(14)25;1-7(2)10(19)17(27)28-6-9-11(25)12(26)16(29-9)24-8(3)30-13-14(23(4)5)21-18(20)22-15(13)24;1-5-9(7(2)3)17(26)27-6-10-11(23)12(24)16(28-10)22-8(4)29-13-14(22)20-18(19)21-15(13)25;1-6-22(12-10(29-6)13(25)21-16(19)20-12)14-9(24)8(23)7(28-14)5-27-15(26)11(18)17(2,3)4;1-5(2)8(17)15(25)26-4-7-9(22)10(23)14(27-7)21-6(3)28-11-12(21)19-16(18)20-13(11)24/h7,9-13,17,26-27H,3-6,20H2,1-2H3,(H3,21,22,23,24);7,9-12,16,25-26H,3,6,19H2,1-2,4-5H3,(H2,20,21,22);7,9-12,16,23-24H,4-6H2,1-3H3,(H3,19,20,21,25);7-9,11,14,23-24H,1,5,18H2,2-4H3,(H3,19,20,21,25);5,7-10,14,22-23H,3-4,17H2,1-2H3,(H3,18,19,20,24)/t10-,11+,12-,13-,17-;9-,10+,11-,12-,16-;9-,10+,11+,12+,16+;7-,8-,9-,11-,14-;7-,8+,9-,10-,14-/m11011/s1. The summed E-state index contributed by atoms with van der Waals surface area (Å²) < 4.78 is 55.0. The number of aliphatic hydroxyl groups excluding tert-OH is 10. The van der Waals surface area contributed by atoms with Gasteiger partial charge in [0.25, 0.3) is 16.7 Å². The van der Waals surface area contributed by atoms with Gasteiger partial charge in [-0.3, -0.25) is 77.8 Å². The van der Waals surface area contributed by atoms with E-state index in [1.807, 2.05) is 34.9 Å². The molecule has 1 aliphatic carbocycles. The highest BCUT2D eigenvalue weighted by molar-refractivity contribution is 8.04. The van der Waals surface area contributed by atoms with Crippen LogP contribution in [-0.4, -0.2) is 331 Å². The maximum Gasteiger partial charge on any atom is 0.323 e. The van der Waals surface area contributed by atoms with Crippen molar-refractivity contribution in [2.45, 2.75) is 280 Å². The molecule has 11 aliphatic rings. The SMILES string of the molecule is C=C1Sc2c(N(C)C)nc(N)nc2N1[C@@H]1O[C@H](COC(=O)[C@@H](N)C(C)C)[C@@H](O)[C@H]1O.C=C1Sc2c(NC3CC3)nc(N)nc2N1[C@@H]1O[C@H](COC(=O)[C@@H](N)C(C)C)[C@@H](O)[C@H]1O.C=C1Sc2c(nc(N)[nH]c2=O)N1[C@@H]1O[C@H](COC(=O)[C@@H](CC)C(C)C)[C@@H](O)[C@H]1O.C=C1Sc2c(nc(N)[nH]c2=O)N1[C@@H]1O[C@H](COC(=O)[C@@H](N)C(C)(C)C)[C@@H](O)[C@H]1O.C=C1Sc2c(nc(N)[nH]c2=O)N1[C@@H]1O[C@H](COC(=O)[C@@H](N)C(C)C)[C@@H](O)[C@H]1O. The number of nitrogen functional groups attached to an aromatic ring is 5. The third kappa shape index (κ3) is 25.2. The summed E-state index contributed by atoms with van der Waals surface area (Å²) >= 11 is 5.81. The maximum atomic E-state index is 12.3. The molecule has 5 saturated heterocycles. The average Bonchev–Trinajstić information content (AvgIpc) is 1.65. The van der Waals surface area contributed by atoms with Gasteiger partial charge in [0.2, 0.25) is 29.7 Å². The Balaban J connectivity index is 0.000000163. The fraction of sp³-hybridized carbons (Fsp3) is 0.602. The molecule has 0 aromatic carbocycles. The van der Waals surface area contributed by atoms with Crippen molar-refractivity contribution in [3.05, 3.63) is 89.1 Å². The molecule has 59 heteroatoms. The number of anilines is 12. The van der Waals surface area contributed by atoms with Gasteiger partial charge in [-0.05, 0) is 48.3 Å². The van der Waals surface area contributed by atoms with Crippen molar-refractivity contribution in [2.24, 2.45) is 57.9 Å². The van der Waals surface area contributed by atoms with Crippen LogP contribution >= 0.6 is 58.8 Å². The van der Waals surface area contributed by atoms with Crippen LogP contribution in [0.25, 0.3) is 0 Å². The van der Waals surface area contributed by atoms with Crippen LogP contribution in [0.1, 0.15) is 102 Å². The van der Waals surface area contributed by atoms with Crippen LogP contribution in [0.5, 0.6) is 0 Å². The number of H-pyrrole nitrogens is 3. The first-order chi connectivity index (χ1) is 68.9. The largest absolute Gasteiger partial charge is 0.463 e. The summed E-state index contributed by atoms with van der Waals surface area (Å²) in [5, 5.41) is 110. The summed E-state index contributed by atoms with van der Waals surface area (Å²) in [5.41, 5.74) is 50.0. The van der Waals surface area contributed by atoms with Gasteiger partial charge in [0.05, 0.1) is 40.9 Å². The summed E-state index contributed by atoms with van der Waals surface area (Å²) in [6.07, 6.45) is -20.5. The fourth-order valence-corrected chi connectivity index (χ4v) is 20.7. The lowest BCUT2D eigenvalue weighted by Crippen LogP contribution is -2.45. The molecule has 147 heavy (non-hydrogen) atoms. The van der Waals surface area contributed by atoms with E-state index in [0.29, 0.717) is 65.8 Å². The highest BCUT2D eigenvalue weighted by Crippen LogP contribution is 2.55. The minimum Gasteiger partial charge on any atom is -0.463 e. The fourth-order valence-electron chi connectivity index (χ4n) is 15.9. The van der Waals surface area contributed by atoms with Crippen LogP contribution in [0.4, 0.5) is 70.5 Å². The van der Waals surface area contributed by atoms with Gasteiger partial charge in [0.1, 0.15) is 175 Å². The van der Waals surface area contributed by atoms with Gasteiger partial charge >= 0.3 is 29.8 Å². The number of hydrogen-bond donors (Lipinski definition) is 23. The Hall–Kier alpha value is -10.6. The maximum absolute atomic E-state index is 12.3. The molecule has 0 unspecified atom stereocenters. The summed E-state index contributed by atoms with van der Waals surface area (Å²) in [4.78, 5) is 145. The zero-order valence-corrected chi connectivity index (χ0v) is 87.0. The number of rotatable bonds is 28. The van der Waals surface area contributed by atoms with Gasteiger partial charge in [-0.15, -0.1) is 0 Å². The van der Waals surface area contributed by atoms with Crippen LogP contribution in [0, 0.1) is 35.0 Å². The smallest absolute Gasteiger partial charge is 0.323 e. The molecular formula is C88H130N26O28S5. The molecule has 32 N–H and O–H groups in total. The highest BCUT2D eigenvalue weighted by Gasteiger charge is 2.57. The van der Waals surface area contributed by atoms with Crippen molar-refractivity contribution < 1.29 is 122 Å². The number of aromatic amines is 3. The number of nitrogens with zero attached hydrogens (tertiary/aromatic N) is 13. The topological polar surface area (TPSA) is 834 Å². The number of aliphatic hydroxyl groups is 10. The molecule has 810 valence electrons. The number of carbonyl (C=O) groups excluding carboxylic acids is 5. The molecule has 0 amide bonds. The lowest BCUT2D eigenvalue weighted by atomic mass is 9.87. The summed E-state index contributed by atoms with van der Waals surface area (Å²) in [6, 6.07) is -2.87. The molecule has 5 aromatic rings. The van der Waals surface area contributed by atoms with E-state index >= 15 is 0 Å². The number of thioether (sulfide) groups is 5. The van der Waals surface area contributed by atoms with E-state index in [9.17, 15) is 89.4 Å². The Morgan fingerprint density at radius 1 is 0.401 bits per heavy atom. The van der Waals surface area contributed by atoms with E-state index in [1.165, 1.54) is 38.2 Å². The first-order valence-electron chi connectivity index (χ1n) is 46.6. The normalized spacial score (nSPS) is 27.7. The third-order valence-electron chi connectivity index (χ3n) is 24.9. The number of nitrogens with two attached hydrogens (primary N) is 9. The van der Waals surface area contributed by atoms with Crippen molar-refractivity contribution in [1.29, 1.82) is 0 Å². The van der Waals surface area contributed by atoms with Crippen LogP contribution in [0.15, 0.2) is 96.9 Å². The highest BCUT2D eigenvalue weighted by atomic mass is 32.2. The first-order valence-corrected chi connectivity index (χ1v) is 50.7. The van der Waals surface area contributed by atoms with E-state index in [-0.39, 0.29) is 130 Å². The van der Waals surface area contributed by atoms with Crippen LogP contribution in [0.2, 0.25) is 0 Å². The second kappa shape index (κ2) is 47.3. The lowest BCUT2D eigenvalue weighted by Gasteiger charge is -2.28. The Labute approximate surface area is 863 Å². The van der Waals surface area contributed by atoms with Gasteiger partial charge in [0.15, 0.2) is 60.2 Å². The van der Waals surface area contributed by atoms with E-state index in [4.69, 9.17) is 99.0 Å². The van der Waals surface area contributed by atoms with Gasteiger partial charge in [-0.25, -0.2) is 0 Å². The van der Waals surface area contributed by atoms with Crippen LogP contribution in [0.3, 0.4) is 0 Å². The Bertz CT molecular complexity index is 5800. The van der Waals surface area contributed by atoms with E-state index in [2.05, 4.69) is 88.1 Å². The van der Waals surface area contributed by atoms with Crippen molar-refractivity contribution in [1.82, 2.24) is 49.8 Å². The number of nitrogens with one attached hydrogen (secondary N) is 4. The number of aromatic nitrogens is 10. The van der Waals surface area contributed by atoms with Gasteiger partial charge < -0.3 is 160 Å². The van der Waals surface area contributed by atoms with Gasteiger partial charge in [-0.2, -0.15) is 34.9 Å². The molecule has 0 spiro atoms. The Morgan fingerprint density at radius 2 is 0.660 bits per heavy atom. The number of ether oxygens (including phenoxy) is 10. The number of esters is 5. The number of fused-ring (bicyclic) bond motifs is 5. The number of hydrogen-bond acceptors (Lipinski definition) is 56. The number of carbonyl (C=O) groups is 5. The Morgan fingerprint density at radius 3 is 0.925 bits per heavy atom. The average molecular weight is 2160 g/mol. The Kier molecular flexibility index (Phi) is 37.1. The molecule has 1 saturated carbocycles. The van der Waals surface area contributed by atoms with E-state index in [1.54, 1.807) is 77.0 Å². The minimum atomic E-state index is -1.37. The molecule has 0 bridgehead atoms. The van der Waals surface area contributed by atoms with Crippen LogP contribution in [-0.2, 0) is 71.3 Å². The van der Waals surface area contributed by atoms with Gasteiger partial charge in [0, 0.05) is 20.1 Å². The first kappa shape index (κ1) is 115. The monoisotopic (exact) mass is 2160 g/mol. The van der Waals surface area contributed by atoms with Crippen molar-refractivity contribution in [3.63, 3.8) is 0 Å². The molecule has 15 heterocycles. The van der Waals surface area contributed by atoms with E-state index < -0.39 is 193 Å². The van der Waals surface area contributed by atoms with Crippen LogP contribution < -0.4 is 103 Å². The summed E-state index contributed by atoms with van der Waals surface area (Å²) in [5.74, 6) is -0.812. The van der Waals surface area contributed by atoms with Crippen molar-refractivity contribution >= 4 is 159 Å². The molecule has 16 rings (SSSR count). The summed E-state index contributed by atoms with van der Waals surface area (Å²) in [6.45, 7) is 40.3. The summed E-state index contributed by atoms with van der Waals surface area (Å²) in [7, 11) is 3.65. The molecular weight excluding hydrogens is 2030 g/mol. The quantitative estimate of drug-likeness (QED) is 0.0185. The molecule has 0 radical (unpaired) electrons. The second-order valence-corrected chi connectivity index (χ2v) is 43.8. The second-order valence-electron chi connectivity index (χ2n) is 38.4. The van der Waals surface area contributed by atoms with E-state index in [0.717, 1.165) is 53.0 Å². The third-order valence-corrected chi connectivity index (χ3v) is 29.9. The molecule has 5 aromatic heterocycles. The predicted molar refractivity (Wildman–Crippen MR) is 542 cm³/mol. The molecule has 6 fully saturated rings. The predicted octanol–water partition coefficient (Wildman–Crippen LogP) is -2.31.